The minimum atomic E-state index is 0.866. The van der Waals surface area contributed by atoms with Crippen LogP contribution in [0.4, 0.5) is 0 Å². The summed E-state index contributed by atoms with van der Waals surface area (Å²) in [5.74, 6) is 0.903. The summed E-state index contributed by atoms with van der Waals surface area (Å²) in [6.45, 7) is 7.90. The van der Waals surface area contributed by atoms with Gasteiger partial charge in [0.25, 0.3) is 0 Å². The molecular formula is C21H29N3O2. The van der Waals surface area contributed by atoms with Gasteiger partial charge >= 0.3 is 0 Å². The molecule has 1 aliphatic heterocycles. The van der Waals surface area contributed by atoms with Crippen LogP contribution in [0, 0.1) is 0 Å². The van der Waals surface area contributed by atoms with Gasteiger partial charge < -0.3 is 9.47 Å². The Morgan fingerprint density at radius 1 is 1.08 bits per heavy atom. The van der Waals surface area contributed by atoms with E-state index in [0.29, 0.717) is 0 Å². The van der Waals surface area contributed by atoms with Gasteiger partial charge in [0, 0.05) is 45.1 Å². The van der Waals surface area contributed by atoms with E-state index in [1.54, 1.807) is 7.11 Å². The molecule has 1 aromatic heterocycles. The Morgan fingerprint density at radius 2 is 1.85 bits per heavy atom. The maximum atomic E-state index is 5.43. The Kier molecular flexibility index (Phi) is 7.43. The van der Waals surface area contributed by atoms with Crippen molar-refractivity contribution in [3.05, 3.63) is 59.9 Å². The van der Waals surface area contributed by atoms with Crippen molar-refractivity contribution in [3.63, 3.8) is 0 Å². The standard InChI is InChI=1S/C21H29N3O2/c1-25-21-7-5-19(6-8-21)17-24(18-20-4-2-9-22-16-20)11-3-10-23-12-14-26-15-13-23/h2,4-9,16H,3,10-15,17-18H2,1H3. The zero-order valence-corrected chi connectivity index (χ0v) is 15.6. The van der Waals surface area contributed by atoms with E-state index in [-0.39, 0.29) is 0 Å². The highest BCUT2D eigenvalue weighted by Crippen LogP contribution is 2.15. The summed E-state index contributed by atoms with van der Waals surface area (Å²) >= 11 is 0. The SMILES string of the molecule is COc1ccc(CN(CCCN2CCOCC2)Cc2cccnc2)cc1. The quantitative estimate of drug-likeness (QED) is 0.691. The van der Waals surface area contributed by atoms with Gasteiger partial charge in [0.1, 0.15) is 5.75 Å². The van der Waals surface area contributed by atoms with Gasteiger partial charge in [-0.1, -0.05) is 18.2 Å². The molecule has 0 atom stereocenters. The third-order valence-corrected chi connectivity index (χ3v) is 4.75. The number of aromatic nitrogens is 1. The molecule has 0 amide bonds. The van der Waals surface area contributed by atoms with Crippen molar-refractivity contribution in [1.82, 2.24) is 14.8 Å². The number of nitrogens with zero attached hydrogens (tertiary/aromatic N) is 3. The predicted molar refractivity (Wildman–Crippen MR) is 103 cm³/mol. The van der Waals surface area contributed by atoms with Gasteiger partial charge in [-0.25, -0.2) is 0 Å². The van der Waals surface area contributed by atoms with Crippen LogP contribution >= 0.6 is 0 Å². The normalized spacial score (nSPS) is 15.3. The summed E-state index contributed by atoms with van der Waals surface area (Å²) in [5, 5.41) is 0. The van der Waals surface area contributed by atoms with Gasteiger partial charge in [-0.05, 0) is 42.3 Å². The molecule has 0 spiro atoms. The molecule has 2 heterocycles. The van der Waals surface area contributed by atoms with Gasteiger partial charge in [-0.3, -0.25) is 14.8 Å². The second kappa shape index (κ2) is 10.3. The largest absolute Gasteiger partial charge is 0.497 e. The lowest BCUT2D eigenvalue weighted by atomic mass is 10.1. The van der Waals surface area contributed by atoms with Crippen LogP contribution in [0.1, 0.15) is 17.5 Å². The summed E-state index contributed by atoms with van der Waals surface area (Å²) in [5.41, 5.74) is 2.56. The number of hydrogen-bond acceptors (Lipinski definition) is 5. The third kappa shape index (κ3) is 6.09. The average Bonchev–Trinajstić information content (AvgIpc) is 2.70. The first-order valence-electron chi connectivity index (χ1n) is 9.38. The Hall–Kier alpha value is -1.95. The number of morpholine rings is 1. The van der Waals surface area contributed by atoms with Crippen molar-refractivity contribution in [1.29, 1.82) is 0 Å². The van der Waals surface area contributed by atoms with Crippen LogP contribution in [-0.2, 0) is 17.8 Å². The Morgan fingerprint density at radius 3 is 2.54 bits per heavy atom. The van der Waals surface area contributed by atoms with Crippen LogP contribution in [0.5, 0.6) is 5.75 Å². The number of hydrogen-bond donors (Lipinski definition) is 0. The molecule has 0 radical (unpaired) electrons. The fourth-order valence-electron chi connectivity index (χ4n) is 3.30. The molecule has 1 fully saturated rings. The lowest BCUT2D eigenvalue weighted by Crippen LogP contribution is -2.38. The number of rotatable bonds is 9. The number of ether oxygens (including phenoxy) is 2. The predicted octanol–water partition coefficient (Wildman–Crippen LogP) is 2.81. The van der Waals surface area contributed by atoms with E-state index >= 15 is 0 Å². The Bertz CT molecular complexity index is 627. The van der Waals surface area contributed by atoms with Crippen LogP contribution in [0.2, 0.25) is 0 Å². The molecule has 1 aromatic carbocycles. The van der Waals surface area contributed by atoms with Crippen molar-refractivity contribution in [2.24, 2.45) is 0 Å². The molecule has 0 bridgehead atoms. The molecule has 5 heteroatoms. The first kappa shape index (κ1) is 18.8. The average molecular weight is 355 g/mol. The van der Waals surface area contributed by atoms with E-state index in [1.807, 2.05) is 30.6 Å². The van der Waals surface area contributed by atoms with E-state index in [0.717, 1.165) is 64.7 Å². The van der Waals surface area contributed by atoms with Crippen molar-refractivity contribution < 1.29 is 9.47 Å². The van der Waals surface area contributed by atoms with Crippen molar-refractivity contribution in [2.45, 2.75) is 19.5 Å². The first-order chi connectivity index (χ1) is 12.8. The number of benzene rings is 1. The Labute approximate surface area is 156 Å². The van der Waals surface area contributed by atoms with Crippen molar-refractivity contribution >= 4 is 0 Å². The summed E-state index contributed by atoms with van der Waals surface area (Å²) in [6, 6.07) is 12.5. The van der Waals surface area contributed by atoms with E-state index in [2.05, 4.69) is 33.0 Å². The van der Waals surface area contributed by atoms with Gasteiger partial charge in [-0.15, -0.1) is 0 Å². The van der Waals surface area contributed by atoms with E-state index in [1.165, 1.54) is 11.1 Å². The topological polar surface area (TPSA) is 37.8 Å². The zero-order chi connectivity index (χ0) is 18.0. The summed E-state index contributed by atoms with van der Waals surface area (Å²) in [4.78, 5) is 9.25. The summed E-state index contributed by atoms with van der Waals surface area (Å²) in [7, 11) is 1.70. The lowest BCUT2D eigenvalue weighted by molar-refractivity contribution is 0.0359. The molecular weight excluding hydrogens is 326 g/mol. The highest BCUT2D eigenvalue weighted by atomic mass is 16.5. The monoisotopic (exact) mass is 355 g/mol. The third-order valence-electron chi connectivity index (χ3n) is 4.75. The molecule has 1 saturated heterocycles. The first-order valence-corrected chi connectivity index (χ1v) is 9.38. The van der Waals surface area contributed by atoms with E-state index in [4.69, 9.17) is 9.47 Å². The number of pyridine rings is 1. The second-order valence-electron chi connectivity index (χ2n) is 6.73. The van der Waals surface area contributed by atoms with Crippen LogP contribution in [0.3, 0.4) is 0 Å². The molecule has 0 saturated carbocycles. The van der Waals surface area contributed by atoms with Crippen LogP contribution in [-0.4, -0.2) is 61.3 Å². The molecule has 1 aliphatic rings. The van der Waals surface area contributed by atoms with Gasteiger partial charge in [0.05, 0.1) is 20.3 Å². The highest BCUT2D eigenvalue weighted by molar-refractivity contribution is 5.27. The molecule has 3 rings (SSSR count). The summed E-state index contributed by atoms with van der Waals surface area (Å²) < 4.78 is 10.7. The molecule has 0 N–H and O–H groups in total. The van der Waals surface area contributed by atoms with Crippen molar-refractivity contribution in [2.75, 3.05) is 46.5 Å². The molecule has 140 valence electrons. The van der Waals surface area contributed by atoms with Gasteiger partial charge in [0.2, 0.25) is 0 Å². The van der Waals surface area contributed by atoms with Crippen LogP contribution in [0.15, 0.2) is 48.8 Å². The molecule has 0 aliphatic carbocycles. The maximum Gasteiger partial charge on any atom is 0.118 e. The molecule has 26 heavy (non-hydrogen) atoms. The summed E-state index contributed by atoms with van der Waals surface area (Å²) in [6.07, 6.45) is 4.95. The fraction of sp³-hybridized carbons (Fsp3) is 0.476. The second-order valence-corrected chi connectivity index (χ2v) is 6.73. The maximum absolute atomic E-state index is 5.43. The van der Waals surface area contributed by atoms with Crippen LogP contribution < -0.4 is 4.74 Å². The van der Waals surface area contributed by atoms with Gasteiger partial charge in [-0.2, -0.15) is 0 Å². The highest BCUT2D eigenvalue weighted by Gasteiger charge is 2.12. The van der Waals surface area contributed by atoms with Crippen LogP contribution in [0.25, 0.3) is 0 Å². The van der Waals surface area contributed by atoms with E-state index in [9.17, 15) is 0 Å². The molecule has 0 unspecified atom stereocenters. The van der Waals surface area contributed by atoms with Gasteiger partial charge in [0.15, 0.2) is 0 Å². The minimum absolute atomic E-state index is 0.866. The molecule has 2 aromatic rings. The minimum Gasteiger partial charge on any atom is -0.497 e. The lowest BCUT2D eigenvalue weighted by Gasteiger charge is -2.28. The number of methoxy groups -OCH3 is 1. The fourth-order valence-corrected chi connectivity index (χ4v) is 3.30. The van der Waals surface area contributed by atoms with E-state index < -0.39 is 0 Å². The zero-order valence-electron chi connectivity index (χ0n) is 15.6. The molecule has 5 nitrogen and oxygen atoms in total. The Balaban J connectivity index is 1.56. The van der Waals surface area contributed by atoms with Crippen molar-refractivity contribution in [3.8, 4) is 5.75 Å². The smallest absolute Gasteiger partial charge is 0.118 e.